The van der Waals surface area contributed by atoms with Crippen molar-refractivity contribution in [2.45, 2.75) is 19.9 Å². The Hall–Kier alpha value is -1.43. The standard InChI is InChI=1S/C15H17N3OS.ClH/c1-9-15(17-13(20-9)8-16-2)10-4-5-12-11(6-10)7-14(19)18(12)3;/h4-6,16H,7-8H2,1-3H3;1H. The highest BCUT2D eigenvalue weighted by atomic mass is 35.5. The van der Waals surface area contributed by atoms with Crippen LogP contribution in [0, 0.1) is 6.92 Å². The third-order valence-electron chi connectivity index (χ3n) is 3.60. The van der Waals surface area contributed by atoms with Crippen LogP contribution in [0.25, 0.3) is 11.3 Å². The van der Waals surface area contributed by atoms with E-state index in [0.717, 1.165) is 34.1 Å². The Morgan fingerprint density at radius 3 is 2.90 bits per heavy atom. The van der Waals surface area contributed by atoms with Gasteiger partial charge in [-0.1, -0.05) is 6.07 Å². The maximum atomic E-state index is 11.7. The molecule has 1 N–H and O–H groups in total. The Morgan fingerprint density at radius 2 is 2.19 bits per heavy atom. The Bertz CT molecular complexity index is 684. The molecule has 0 aliphatic carbocycles. The monoisotopic (exact) mass is 323 g/mol. The Kier molecular flexibility index (Phi) is 4.66. The van der Waals surface area contributed by atoms with E-state index in [2.05, 4.69) is 24.4 Å². The molecule has 0 atom stereocenters. The molecular weight excluding hydrogens is 306 g/mol. The predicted octanol–water partition coefficient (Wildman–Crippen LogP) is 2.78. The highest BCUT2D eigenvalue weighted by molar-refractivity contribution is 7.12. The summed E-state index contributed by atoms with van der Waals surface area (Å²) in [7, 11) is 3.75. The van der Waals surface area contributed by atoms with E-state index in [4.69, 9.17) is 4.98 Å². The first-order chi connectivity index (χ1) is 9.60. The number of aromatic nitrogens is 1. The maximum absolute atomic E-state index is 11.7. The third-order valence-corrected chi connectivity index (χ3v) is 4.57. The van der Waals surface area contributed by atoms with Crippen molar-refractivity contribution in [1.29, 1.82) is 0 Å². The van der Waals surface area contributed by atoms with Crippen LogP contribution in [0.5, 0.6) is 0 Å². The number of likely N-dealkylation sites (N-methyl/N-ethyl adjacent to an activating group) is 1. The van der Waals surface area contributed by atoms with Crippen LogP contribution in [0.2, 0.25) is 0 Å². The fourth-order valence-electron chi connectivity index (χ4n) is 2.56. The van der Waals surface area contributed by atoms with Gasteiger partial charge in [-0.25, -0.2) is 4.98 Å². The first kappa shape index (κ1) is 15.9. The van der Waals surface area contributed by atoms with E-state index in [0.29, 0.717) is 6.42 Å². The number of benzene rings is 1. The van der Waals surface area contributed by atoms with Crippen molar-refractivity contribution in [3.05, 3.63) is 33.6 Å². The number of rotatable bonds is 3. The fraction of sp³-hybridized carbons (Fsp3) is 0.333. The lowest BCUT2D eigenvalue weighted by atomic mass is 10.1. The second-order valence-corrected chi connectivity index (χ2v) is 6.30. The second kappa shape index (κ2) is 6.13. The van der Waals surface area contributed by atoms with Crippen molar-refractivity contribution in [1.82, 2.24) is 10.3 Å². The van der Waals surface area contributed by atoms with Crippen LogP contribution in [-0.4, -0.2) is 25.0 Å². The summed E-state index contributed by atoms with van der Waals surface area (Å²) in [6.45, 7) is 2.88. The summed E-state index contributed by atoms with van der Waals surface area (Å²) < 4.78 is 0. The zero-order valence-electron chi connectivity index (χ0n) is 12.3. The minimum Gasteiger partial charge on any atom is -0.315 e. The SMILES string of the molecule is CNCc1nc(-c2ccc3c(c2)CC(=O)N3C)c(C)s1.Cl. The van der Waals surface area contributed by atoms with Crippen LogP contribution in [0.1, 0.15) is 15.4 Å². The van der Waals surface area contributed by atoms with Crippen LogP contribution in [0.15, 0.2) is 18.2 Å². The summed E-state index contributed by atoms with van der Waals surface area (Å²) in [5.41, 5.74) is 4.24. The molecule has 0 spiro atoms. The summed E-state index contributed by atoms with van der Waals surface area (Å²) >= 11 is 1.72. The number of carbonyl (C=O) groups excluding carboxylic acids is 1. The van der Waals surface area contributed by atoms with Crippen molar-refractivity contribution in [3.63, 3.8) is 0 Å². The van der Waals surface area contributed by atoms with Crippen LogP contribution in [0.3, 0.4) is 0 Å². The third kappa shape index (κ3) is 2.81. The van der Waals surface area contributed by atoms with E-state index in [-0.39, 0.29) is 18.3 Å². The molecule has 1 aromatic carbocycles. The van der Waals surface area contributed by atoms with E-state index in [1.807, 2.05) is 20.2 Å². The average Bonchev–Trinajstić information content (AvgIpc) is 2.91. The van der Waals surface area contributed by atoms with E-state index in [1.54, 1.807) is 16.2 Å². The first-order valence-electron chi connectivity index (χ1n) is 6.61. The van der Waals surface area contributed by atoms with E-state index < -0.39 is 0 Å². The molecule has 6 heteroatoms. The molecule has 3 rings (SSSR count). The van der Waals surface area contributed by atoms with Crippen LogP contribution < -0.4 is 10.2 Å². The van der Waals surface area contributed by atoms with Gasteiger partial charge in [-0.2, -0.15) is 0 Å². The van der Waals surface area contributed by atoms with Gasteiger partial charge in [-0.15, -0.1) is 23.7 Å². The van der Waals surface area contributed by atoms with Gasteiger partial charge in [0.05, 0.1) is 12.1 Å². The molecule has 0 saturated heterocycles. The molecule has 2 aromatic rings. The predicted molar refractivity (Wildman–Crippen MR) is 89.4 cm³/mol. The molecule has 1 aromatic heterocycles. The Morgan fingerprint density at radius 1 is 1.43 bits per heavy atom. The molecule has 1 aliphatic rings. The maximum Gasteiger partial charge on any atom is 0.231 e. The van der Waals surface area contributed by atoms with Gasteiger partial charge in [-0.05, 0) is 31.7 Å². The van der Waals surface area contributed by atoms with Gasteiger partial charge in [0.1, 0.15) is 5.01 Å². The summed E-state index contributed by atoms with van der Waals surface area (Å²) in [5, 5.41) is 4.22. The van der Waals surface area contributed by atoms with Crippen LogP contribution in [-0.2, 0) is 17.8 Å². The molecule has 4 nitrogen and oxygen atoms in total. The lowest BCUT2D eigenvalue weighted by Gasteiger charge is -2.10. The second-order valence-electron chi connectivity index (χ2n) is 5.02. The number of nitrogens with one attached hydrogen (secondary N) is 1. The largest absolute Gasteiger partial charge is 0.315 e. The number of halogens is 1. The summed E-state index contributed by atoms with van der Waals surface area (Å²) in [5.74, 6) is 0.156. The number of hydrogen-bond donors (Lipinski definition) is 1. The number of carbonyl (C=O) groups is 1. The zero-order valence-corrected chi connectivity index (χ0v) is 13.9. The smallest absolute Gasteiger partial charge is 0.231 e. The van der Waals surface area contributed by atoms with E-state index >= 15 is 0 Å². The van der Waals surface area contributed by atoms with Crippen LogP contribution >= 0.6 is 23.7 Å². The first-order valence-corrected chi connectivity index (χ1v) is 7.42. The number of hydrogen-bond acceptors (Lipinski definition) is 4. The molecule has 1 amide bonds. The van der Waals surface area contributed by atoms with Crippen molar-refractivity contribution < 1.29 is 4.79 Å². The highest BCUT2D eigenvalue weighted by Gasteiger charge is 2.24. The highest BCUT2D eigenvalue weighted by Crippen LogP contribution is 2.34. The molecule has 0 fully saturated rings. The lowest BCUT2D eigenvalue weighted by Crippen LogP contribution is -2.20. The zero-order chi connectivity index (χ0) is 14.3. The van der Waals surface area contributed by atoms with E-state index in [1.165, 1.54) is 4.88 Å². The number of thiazole rings is 1. The van der Waals surface area contributed by atoms with Crippen molar-refractivity contribution in [2.24, 2.45) is 0 Å². The topological polar surface area (TPSA) is 45.2 Å². The number of nitrogens with zero attached hydrogens (tertiary/aromatic N) is 2. The summed E-state index contributed by atoms with van der Waals surface area (Å²) in [6.07, 6.45) is 0.492. The molecule has 112 valence electrons. The van der Waals surface area contributed by atoms with Gasteiger partial charge in [0, 0.05) is 29.7 Å². The molecule has 0 saturated carbocycles. The minimum absolute atomic E-state index is 0. The van der Waals surface area contributed by atoms with Gasteiger partial charge in [0.25, 0.3) is 0 Å². The molecule has 0 unspecified atom stereocenters. The average molecular weight is 324 g/mol. The van der Waals surface area contributed by atoms with Crippen molar-refractivity contribution >= 4 is 35.3 Å². The molecule has 0 radical (unpaired) electrons. The number of fused-ring (bicyclic) bond motifs is 1. The normalized spacial score (nSPS) is 13.3. The number of amides is 1. The van der Waals surface area contributed by atoms with Gasteiger partial charge in [0.2, 0.25) is 5.91 Å². The van der Waals surface area contributed by atoms with Gasteiger partial charge in [0.15, 0.2) is 0 Å². The van der Waals surface area contributed by atoms with Crippen LogP contribution in [0.4, 0.5) is 5.69 Å². The van der Waals surface area contributed by atoms with Crippen molar-refractivity contribution in [3.8, 4) is 11.3 Å². The van der Waals surface area contributed by atoms with Gasteiger partial charge >= 0.3 is 0 Å². The Labute approximate surface area is 134 Å². The lowest BCUT2D eigenvalue weighted by molar-refractivity contribution is -0.117. The van der Waals surface area contributed by atoms with E-state index in [9.17, 15) is 4.79 Å². The number of aryl methyl sites for hydroxylation is 1. The quantitative estimate of drug-likeness (QED) is 0.944. The number of anilines is 1. The molecule has 2 heterocycles. The Balaban J connectivity index is 0.00000161. The molecular formula is C15H18ClN3OS. The summed E-state index contributed by atoms with van der Waals surface area (Å²) in [6, 6.07) is 6.17. The molecule has 0 bridgehead atoms. The molecule has 1 aliphatic heterocycles. The van der Waals surface area contributed by atoms with Gasteiger partial charge in [-0.3, -0.25) is 4.79 Å². The minimum atomic E-state index is 0. The molecule has 21 heavy (non-hydrogen) atoms. The van der Waals surface area contributed by atoms with Crippen molar-refractivity contribution in [2.75, 3.05) is 19.0 Å². The fourth-order valence-corrected chi connectivity index (χ4v) is 3.53. The van der Waals surface area contributed by atoms with Gasteiger partial charge < -0.3 is 10.2 Å². The summed E-state index contributed by atoms with van der Waals surface area (Å²) in [4.78, 5) is 19.4.